The molecule has 0 aromatic carbocycles. The molecule has 0 unspecified atom stereocenters. The van der Waals surface area contributed by atoms with Crippen molar-refractivity contribution in [1.82, 2.24) is 0 Å². The summed E-state index contributed by atoms with van der Waals surface area (Å²) in [5.74, 6) is 2.44. The average molecular weight is 170 g/mol. The van der Waals surface area contributed by atoms with Crippen molar-refractivity contribution < 1.29 is 4.74 Å². The van der Waals surface area contributed by atoms with Crippen LogP contribution in [0.5, 0.6) is 0 Å². The van der Waals surface area contributed by atoms with E-state index >= 15 is 0 Å². The van der Waals surface area contributed by atoms with Gasteiger partial charge in [-0.05, 0) is 30.6 Å². The zero-order valence-corrected chi connectivity index (χ0v) is 8.84. The quantitative estimate of drug-likeness (QED) is 0.619. The van der Waals surface area contributed by atoms with E-state index in [0.29, 0.717) is 6.10 Å². The van der Waals surface area contributed by atoms with Crippen LogP contribution in [0.2, 0.25) is 0 Å². The summed E-state index contributed by atoms with van der Waals surface area (Å²) in [6.07, 6.45) is 4.54. The molecule has 3 atom stereocenters. The predicted octanol–water partition coefficient (Wildman–Crippen LogP) is 3.09. The fourth-order valence-electron chi connectivity index (χ4n) is 2.39. The van der Waals surface area contributed by atoms with Crippen LogP contribution in [0.4, 0.5) is 0 Å². The standard InChI is InChI=1S/C11H22O/c1-8(2)10-6-5-9(3)7-11(10)12-4/h8-11H,5-7H2,1-4H3/t9-,10-,11+/m0/s1. The zero-order chi connectivity index (χ0) is 9.14. The second-order valence-electron chi connectivity index (χ2n) is 4.60. The first-order valence-corrected chi connectivity index (χ1v) is 5.18. The van der Waals surface area contributed by atoms with Crippen LogP contribution < -0.4 is 0 Å². The van der Waals surface area contributed by atoms with Crippen LogP contribution in [-0.4, -0.2) is 13.2 Å². The molecule has 0 radical (unpaired) electrons. The predicted molar refractivity (Wildman–Crippen MR) is 52.1 cm³/mol. The molecule has 0 aromatic rings. The molecule has 1 aliphatic rings. The Morgan fingerprint density at radius 1 is 1.25 bits per heavy atom. The Kier molecular flexibility index (Phi) is 3.57. The summed E-state index contributed by atoms with van der Waals surface area (Å²) >= 11 is 0. The summed E-state index contributed by atoms with van der Waals surface area (Å²) in [4.78, 5) is 0. The van der Waals surface area contributed by atoms with Gasteiger partial charge in [0.15, 0.2) is 0 Å². The molecule has 0 saturated heterocycles. The van der Waals surface area contributed by atoms with Gasteiger partial charge in [0.2, 0.25) is 0 Å². The molecule has 12 heavy (non-hydrogen) atoms. The topological polar surface area (TPSA) is 9.23 Å². The van der Waals surface area contributed by atoms with Gasteiger partial charge in [0, 0.05) is 7.11 Å². The first kappa shape index (κ1) is 10.0. The molecule has 0 heterocycles. The molecule has 1 saturated carbocycles. The van der Waals surface area contributed by atoms with Crippen molar-refractivity contribution in [2.45, 2.75) is 46.1 Å². The Morgan fingerprint density at radius 3 is 2.42 bits per heavy atom. The maximum atomic E-state index is 5.54. The molecule has 72 valence electrons. The van der Waals surface area contributed by atoms with Gasteiger partial charge in [-0.25, -0.2) is 0 Å². The van der Waals surface area contributed by atoms with E-state index in [1.54, 1.807) is 0 Å². The molecule has 0 aliphatic heterocycles. The van der Waals surface area contributed by atoms with Crippen molar-refractivity contribution in [2.24, 2.45) is 17.8 Å². The van der Waals surface area contributed by atoms with E-state index in [4.69, 9.17) is 4.74 Å². The Bertz CT molecular complexity index is 131. The number of hydrogen-bond acceptors (Lipinski definition) is 1. The van der Waals surface area contributed by atoms with Gasteiger partial charge in [-0.1, -0.05) is 27.2 Å². The highest BCUT2D eigenvalue weighted by Gasteiger charge is 2.30. The van der Waals surface area contributed by atoms with E-state index < -0.39 is 0 Å². The van der Waals surface area contributed by atoms with E-state index in [2.05, 4.69) is 20.8 Å². The largest absolute Gasteiger partial charge is 0.381 e. The first-order valence-electron chi connectivity index (χ1n) is 5.18. The van der Waals surface area contributed by atoms with E-state index in [1.165, 1.54) is 19.3 Å². The molecule has 1 heteroatoms. The van der Waals surface area contributed by atoms with Crippen LogP contribution in [0.25, 0.3) is 0 Å². The highest BCUT2D eigenvalue weighted by atomic mass is 16.5. The third kappa shape index (κ3) is 2.22. The Labute approximate surface area is 76.5 Å². The number of ether oxygens (including phenoxy) is 1. The lowest BCUT2D eigenvalue weighted by Crippen LogP contribution is -2.33. The Hall–Kier alpha value is -0.0400. The summed E-state index contributed by atoms with van der Waals surface area (Å²) in [7, 11) is 1.86. The molecule has 0 spiro atoms. The third-order valence-electron chi connectivity index (χ3n) is 3.26. The van der Waals surface area contributed by atoms with Gasteiger partial charge in [0.05, 0.1) is 6.10 Å². The van der Waals surface area contributed by atoms with Crippen molar-refractivity contribution in [1.29, 1.82) is 0 Å². The minimum Gasteiger partial charge on any atom is -0.381 e. The molecule has 0 aromatic heterocycles. The van der Waals surface area contributed by atoms with Gasteiger partial charge in [-0.3, -0.25) is 0 Å². The van der Waals surface area contributed by atoms with Crippen molar-refractivity contribution in [2.75, 3.05) is 7.11 Å². The fourth-order valence-corrected chi connectivity index (χ4v) is 2.39. The second kappa shape index (κ2) is 4.27. The van der Waals surface area contributed by atoms with E-state index in [-0.39, 0.29) is 0 Å². The van der Waals surface area contributed by atoms with Crippen molar-refractivity contribution >= 4 is 0 Å². The van der Waals surface area contributed by atoms with Crippen LogP contribution in [0.1, 0.15) is 40.0 Å². The monoisotopic (exact) mass is 170 g/mol. The molecule has 0 bridgehead atoms. The third-order valence-corrected chi connectivity index (χ3v) is 3.26. The van der Waals surface area contributed by atoms with Gasteiger partial charge >= 0.3 is 0 Å². The summed E-state index contributed by atoms with van der Waals surface area (Å²) in [6.45, 7) is 6.96. The molecular weight excluding hydrogens is 148 g/mol. The van der Waals surface area contributed by atoms with Gasteiger partial charge in [0.25, 0.3) is 0 Å². The van der Waals surface area contributed by atoms with Crippen molar-refractivity contribution in [3.05, 3.63) is 0 Å². The summed E-state index contributed by atoms with van der Waals surface area (Å²) < 4.78 is 5.54. The van der Waals surface area contributed by atoms with Gasteiger partial charge in [0.1, 0.15) is 0 Å². The molecular formula is C11H22O. The lowest BCUT2D eigenvalue weighted by atomic mass is 9.75. The summed E-state index contributed by atoms with van der Waals surface area (Å²) in [5.41, 5.74) is 0. The fraction of sp³-hybridized carbons (Fsp3) is 1.00. The van der Waals surface area contributed by atoms with Crippen LogP contribution in [0.15, 0.2) is 0 Å². The molecule has 0 N–H and O–H groups in total. The van der Waals surface area contributed by atoms with E-state index in [9.17, 15) is 0 Å². The van der Waals surface area contributed by atoms with Crippen LogP contribution in [0.3, 0.4) is 0 Å². The Balaban J connectivity index is 2.50. The smallest absolute Gasteiger partial charge is 0.0604 e. The second-order valence-corrected chi connectivity index (χ2v) is 4.60. The number of methoxy groups -OCH3 is 1. The summed E-state index contributed by atoms with van der Waals surface area (Å²) in [5, 5.41) is 0. The van der Waals surface area contributed by atoms with Crippen LogP contribution in [-0.2, 0) is 4.74 Å². The minimum absolute atomic E-state index is 0.522. The van der Waals surface area contributed by atoms with Gasteiger partial charge < -0.3 is 4.74 Å². The van der Waals surface area contributed by atoms with E-state index in [0.717, 1.165) is 17.8 Å². The molecule has 1 fully saturated rings. The minimum atomic E-state index is 0.522. The first-order chi connectivity index (χ1) is 5.65. The van der Waals surface area contributed by atoms with Crippen molar-refractivity contribution in [3.63, 3.8) is 0 Å². The van der Waals surface area contributed by atoms with Gasteiger partial charge in [-0.2, -0.15) is 0 Å². The molecule has 1 rings (SSSR count). The number of hydrogen-bond donors (Lipinski definition) is 0. The SMILES string of the molecule is CO[C@@H]1C[C@@H](C)CC[C@H]1C(C)C. The van der Waals surface area contributed by atoms with Crippen molar-refractivity contribution in [3.8, 4) is 0 Å². The van der Waals surface area contributed by atoms with Crippen LogP contribution >= 0.6 is 0 Å². The van der Waals surface area contributed by atoms with Gasteiger partial charge in [-0.15, -0.1) is 0 Å². The maximum absolute atomic E-state index is 5.54. The normalized spacial score (nSPS) is 37.2. The lowest BCUT2D eigenvalue weighted by molar-refractivity contribution is -0.00982. The van der Waals surface area contributed by atoms with Crippen LogP contribution in [0, 0.1) is 17.8 Å². The average Bonchev–Trinajstić information content (AvgIpc) is 2.03. The number of rotatable bonds is 2. The highest BCUT2D eigenvalue weighted by molar-refractivity contribution is 4.80. The molecule has 1 aliphatic carbocycles. The van der Waals surface area contributed by atoms with E-state index in [1.807, 2.05) is 7.11 Å². The summed E-state index contributed by atoms with van der Waals surface area (Å²) in [6, 6.07) is 0. The molecule has 0 amide bonds. The lowest BCUT2D eigenvalue weighted by Gasteiger charge is -2.36. The Morgan fingerprint density at radius 2 is 1.92 bits per heavy atom. The molecule has 1 nitrogen and oxygen atoms in total. The zero-order valence-electron chi connectivity index (χ0n) is 8.84. The highest BCUT2D eigenvalue weighted by Crippen LogP contribution is 2.34. The maximum Gasteiger partial charge on any atom is 0.0604 e.